The molecule has 0 saturated heterocycles. The summed E-state index contributed by atoms with van der Waals surface area (Å²) < 4.78 is 56.1. The molecule has 0 saturated carbocycles. The van der Waals surface area contributed by atoms with Crippen LogP contribution in [0.3, 0.4) is 0 Å². The van der Waals surface area contributed by atoms with Crippen LogP contribution < -0.4 is 5.32 Å². The number of hydrogen-bond acceptors (Lipinski definition) is 3. The number of hydrogen-bond donors (Lipinski definition) is 1. The Hall–Kier alpha value is -0.500. The Morgan fingerprint density at radius 1 is 1.47 bits per heavy atom. The minimum absolute atomic E-state index is 0.173. The van der Waals surface area contributed by atoms with E-state index in [0.29, 0.717) is 0 Å². The summed E-state index contributed by atoms with van der Waals surface area (Å²) in [5.41, 5.74) is 0. The van der Waals surface area contributed by atoms with E-state index < -0.39 is 32.9 Å². The molecule has 0 radical (unpaired) electrons. The lowest BCUT2D eigenvalue weighted by atomic mass is 10.2. The van der Waals surface area contributed by atoms with Gasteiger partial charge in [0.25, 0.3) is 0 Å². The third kappa shape index (κ3) is 7.43. The normalized spacial score (nSPS) is 14.7. The van der Waals surface area contributed by atoms with Crippen molar-refractivity contribution in [3.05, 3.63) is 0 Å². The summed E-state index contributed by atoms with van der Waals surface area (Å²) in [5, 5.41) is 1.61. The highest BCUT2D eigenvalue weighted by Crippen LogP contribution is 2.14. The molecule has 0 rings (SSSR count). The lowest BCUT2D eigenvalue weighted by Gasteiger charge is -2.14. The molecule has 90 valence electrons. The molecule has 0 bridgehead atoms. The maximum absolute atomic E-state index is 11.7. The van der Waals surface area contributed by atoms with E-state index in [2.05, 4.69) is 0 Å². The minimum atomic E-state index is -4.96. The molecule has 9 heteroatoms. The van der Waals surface area contributed by atoms with E-state index in [4.69, 9.17) is 10.7 Å². The van der Waals surface area contributed by atoms with Gasteiger partial charge in [0.2, 0.25) is 9.05 Å². The van der Waals surface area contributed by atoms with Crippen molar-refractivity contribution in [1.29, 1.82) is 0 Å². The molecule has 1 amide bonds. The molecule has 1 N–H and O–H groups in total. The van der Waals surface area contributed by atoms with Gasteiger partial charge >= 0.3 is 12.1 Å². The van der Waals surface area contributed by atoms with Gasteiger partial charge in [-0.1, -0.05) is 0 Å². The first kappa shape index (κ1) is 14.5. The maximum atomic E-state index is 11.7. The van der Waals surface area contributed by atoms with Gasteiger partial charge in [0.05, 0.1) is 5.75 Å². The van der Waals surface area contributed by atoms with Crippen LogP contribution in [0.1, 0.15) is 13.3 Å². The third-order valence-corrected chi connectivity index (χ3v) is 2.62. The SMILES string of the molecule is CC(CCS(=O)(=O)Cl)NC(=O)C(F)(F)F. The first-order valence-corrected chi connectivity index (χ1v) is 6.30. The van der Waals surface area contributed by atoms with Gasteiger partial charge in [-0.25, -0.2) is 8.42 Å². The lowest BCUT2D eigenvalue weighted by molar-refractivity contribution is -0.174. The van der Waals surface area contributed by atoms with E-state index in [-0.39, 0.29) is 6.42 Å². The van der Waals surface area contributed by atoms with Crippen LogP contribution in [-0.2, 0) is 13.8 Å². The Balaban J connectivity index is 4.06. The Morgan fingerprint density at radius 3 is 2.27 bits per heavy atom. The first-order chi connectivity index (χ1) is 6.52. The zero-order valence-electron chi connectivity index (χ0n) is 7.64. The van der Waals surface area contributed by atoms with E-state index in [1.54, 1.807) is 5.32 Å². The number of carbonyl (C=O) groups excluding carboxylic acids is 1. The highest BCUT2D eigenvalue weighted by molar-refractivity contribution is 8.13. The van der Waals surface area contributed by atoms with Crippen molar-refractivity contribution < 1.29 is 26.4 Å². The van der Waals surface area contributed by atoms with Gasteiger partial charge in [-0.3, -0.25) is 4.79 Å². The fraction of sp³-hybridized carbons (Fsp3) is 0.833. The predicted octanol–water partition coefficient (Wildman–Crippen LogP) is 1.01. The number of rotatable bonds is 4. The molecular formula is C6H9ClF3NO3S. The lowest BCUT2D eigenvalue weighted by Crippen LogP contribution is -2.42. The van der Waals surface area contributed by atoms with Gasteiger partial charge in [0.15, 0.2) is 0 Å². The summed E-state index contributed by atoms with van der Waals surface area (Å²) in [4.78, 5) is 10.4. The van der Waals surface area contributed by atoms with Crippen molar-refractivity contribution in [3.8, 4) is 0 Å². The van der Waals surface area contributed by atoms with Gasteiger partial charge < -0.3 is 5.32 Å². The van der Waals surface area contributed by atoms with Crippen molar-refractivity contribution in [2.75, 3.05) is 5.75 Å². The average molecular weight is 268 g/mol. The van der Waals surface area contributed by atoms with E-state index in [1.165, 1.54) is 6.92 Å². The molecule has 0 aliphatic heterocycles. The van der Waals surface area contributed by atoms with Crippen molar-refractivity contribution in [3.63, 3.8) is 0 Å². The van der Waals surface area contributed by atoms with Crippen LogP contribution in [0.15, 0.2) is 0 Å². The molecular weight excluding hydrogens is 259 g/mol. The molecule has 0 aliphatic carbocycles. The van der Waals surface area contributed by atoms with Gasteiger partial charge in [0, 0.05) is 16.7 Å². The van der Waals surface area contributed by atoms with Crippen LogP contribution in [0.2, 0.25) is 0 Å². The maximum Gasteiger partial charge on any atom is 0.471 e. The van der Waals surface area contributed by atoms with Gasteiger partial charge in [-0.15, -0.1) is 0 Å². The Labute approximate surface area is 89.2 Å². The first-order valence-electron chi connectivity index (χ1n) is 3.82. The topological polar surface area (TPSA) is 63.2 Å². The largest absolute Gasteiger partial charge is 0.471 e. The fourth-order valence-corrected chi connectivity index (χ4v) is 1.60. The molecule has 0 fully saturated rings. The van der Waals surface area contributed by atoms with Crippen molar-refractivity contribution in [1.82, 2.24) is 5.32 Å². The number of alkyl halides is 3. The molecule has 15 heavy (non-hydrogen) atoms. The number of halogens is 4. The van der Waals surface area contributed by atoms with Crippen LogP contribution in [-0.4, -0.2) is 32.3 Å². The summed E-state index contributed by atoms with van der Waals surface area (Å²) >= 11 is 0. The Kier molecular flexibility index (Phi) is 4.85. The summed E-state index contributed by atoms with van der Waals surface area (Å²) in [6.07, 6.45) is -5.14. The highest BCUT2D eigenvalue weighted by atomic mass is 35.7. The van der Waals surface area contributed by atoms with E-state index in [9.17, 15) is 26.4 Å². The van der Waals surface area contributed by atoms with Crippen molar-refractivity contribution >= 4 is 25.6 Å². The van der Waals surface area contributed by atoms with Gasteiger partial charge in [-0.2, -0.15) is 13.2 Å². The summed E-state index contributed by atoms with van der Waals surface area (Å²) in [7, 11) is 1.09. The fourth-order valence-electron chi connectivity index (χ4n) is 0.695. The quantitative estimate of drug-likeness (QED) is 0.774. The molecule has 0 spiro atoms. The zero-order chi connectivity index (χ0) is 12.3. The number of nitrogens with one attached hydrogen (secondary N) is 1. The minimum Gasteiger partial charge on any atom is -0.346 e. The second-order valence-corrected chi connectivity index (χ2v) is 5.80. The monoisotopic (exact) mass is 267 g/mol. The average Bonchev–Trinajstić information content (AvgIpc) is 1.97. The number of carbonyl (C=O) groups is 1. The Bertz CT molecular complexity index is 327. The van der Waals surface area contributed by atoms with E-state index in [1.807, 2.05) is 0 Å². The predicted molar refractivity (Wildman–Crippen MR) is 47.9 cm³/mol. The molecule has 0 aromatic carbocycles. The molecule has 4 nitrogen and oxygen atoms in total. The highest BCUT2D eigenvalue weighted by Gasteiger charge is 2.39. The molecule has 0 aromatic rings. The van der Waals surface area contributed by atoms with Gasteiger partial charge in [-0.05, 0) is 13.3 Å². The standard InChI is InChI=1S/C6H9ClF3NO3S/c1-4(2-3-15(7,13)14)11-5(12)6(8,9)10/h4H,2-3H2,1H3,(H,11,12). The van der Waals surface area contributed by atoms with Crippen LogP contribution in [0.4, 0.5) is 13.2 Å². The molecule has 0 aromatic heterocycles. The third-order valence-electron chi connectivity index (χ3n) is 1.43. The van der Waals surface area contributed by atoms with Crippen LogP contribution in [0.25, 0.3) is 0 Å². The summed E-state index contributed by atoms with van der Waals surface area (Å²) in [5.74, 6) is -2.59. The second-order valence-electron chi connectivity index (χ2n) is 2.90. The van der Waals surface area contributed by atoms with Crippen molar-refractivity contribution in [2.24, 2.45) is 0 Å². The van der Waals surface area contributed by atoms with Crippen molar-refractivity contribution in [2.45, 2.75) is 25.6 Å². The van der Waals surface area contributed by atoms with Crippen LogP contribution in [0, 0.1) is 0 Å². The van der Waals surface area contributed by atoms with E-state index >= 15 is 0 Å². The molecule has 1 atom stereocenters. The van der Waals surface area contributed by atoms with Gasteiger partial charge in [0.1, 0.15) is 0 Å². The van der Waals surface area contributed by atoms with E-state index in [0.717, 1.165) is 0 Å². The summed E-state index contributed by atoms with van der Waals surface area (Å²) in [6.45, 7) is 1.26. The molecule has 0 aliphatic rings. The van der Waals surface area contributed by atoms with Crippen LogP contribution >= 0.6 is 10.7 Å². The molecule has 1 unspecified atom stereocenters. The Morgan fingerprint density at radius 2 is 1.93 bits per heavy atom. The smallest absolute Gasteiger partial charge is 0.346 e. The summed E-state index contributed by atoms with van der Waals surface area (Å²) in [6, 6.07) is -0.910. The van der Waals surface area contributed by atoms with Crippen LogP contribution in [0.5, 0.6) is 0 Å². The second kappa shape index (κ2) is 5.02. The number of amides is 1. The molecule has 0 heterocycles. The zero-order valence-corrected chi connectivity index (χ0v) is 9.21.